The zero-order valence-corrected chi connectivity index (χ0v) is 21.1. The van der Waals surface area contributed by atoms with Crippen LogP contribution in [-0.4, -0.2) is 56.2 Å². The molecule has 0 heterocycles. The van der Waals surface area contributed by atoms with E-state index in [1.807, 2.05) is 24.3 Å². The number of guanidine groups is 1. The largest absolute Gasteiger partial charge is 0.378 e. The van der Waals surface area contributed by atoms with E-state index in [0.717, 1.165) is 31.1 Å². The standard InChI is InChI=1S/C23H36N4O2.HI/c1-5-24-22(25-16-17-9-11-18(12-10-17)21(28)27(3)4)26-19-15-20(29-6-2)23(19)13-7-8-14-23;/h9-12,19-20H,5-8,13-16H2,1-4H3,(H2,24,25,26);1H. The lowest BCUT2D eigenvalue weighted by Crippen LogP contribution is -2.65. The van der Waals surface area contributed by atoms with Gasteiger partial charge in [-0.05, 0) is 50.8 Å². The molecule has 0 saturated heterocycles. The first-order valence-electron chi connectivity index (χ1n) is 11.0. The van der Waals surface area contributed by atoms with E-state index in [2.05, 4.69) is 24.5 Å². The van der Waals surface area contributed by atoms with Crippen LogP contribution in [0.3, 0.4) is 0 Å². The van der Waals surface area contributed by atoms with E-state index in [4.69, 9.17) is 9.73 Å². The number of carbonyl (C=O) groups excluding carboxylic acids is 1. The van der Waals surface area contributed by atoms with E-state index in [-0.39, 0.29) is 35.3 Å². The van der Waals surface area contributed by atoms with E-state index < -0.39 is 0 Å². The van der Waals surface area contributed by atoms with Crippen LogP contribution < -0.4 is 10.6 Å². The van der Waals surface area contributed by atoms with Gasteiger partial charge in [0.05, 0.1) is 12.6 Å². The maximum absolute atomic E-state index is 12.0. The Labute approximate surface area is 198 Å². The van der Waals surface area contributed by atoms with Crippen molar-refractivity contribution in [2.75, 3.05) is 27.2 Å². The molecular weight excluding hydrogens is 491 g/mol. The normalized spacial score (nSPS) is 22.2. The molecular formula is C23H37IN4O2. The Morgan fingerprint density at radius 3 is 2.43 bits per heavy atom. The Hall–Kier alpha value is -1.35. The number of benzene rings is 1. The van der Waals surface area contributed by atoms with E-state index in [0.29, 0.717) is 24.3 Å². The van der Waals surface area contributed by atoms with E-state index >= 15 is 0 Å². The van der Waals surface area contributed by atoms with Crippen LogP contribution in [0.25, 0.3) is 0 Å². The molecule has 1 spiro atoms. The van der Waals surface area contributed by atoms with Crippen molar-refractivity contribution < 1.29 is 9.53 Å². The maximum atomic E-state index is 12.0. The van der Waals surface area contributed by atoms with Crippen molar-refractivity contribution in [1.29, 1.82) is 0 Å². The molecule has 3 rings (SSSR count). The van der Waals surface area contributed by atoms with Crippen molar-refractivity contribution in [2.24, 2.45) is 10.4 Å². The molecule has 2 atom stereocenters. The number of aliphatic imine (C=N–C) groups is 1. The van der Waals surface area contributed by atoms with E-state index in [1.165, 1.54) is 25.7 Å². The minimum atomic E-state index is 0. The summed E-state index contributed by atoms with van der Waals surface area (Å²) in [6.07, 6.45) is 6.53. The predicted molar refractivity (Wildman–Crippen MR) is 133 cm³/mol. The van der Waals surface area contributed by atoms with Gasteiger partial charge in [-0.25, -0.2) is 4.99 Å². The molecule has 2 aliphatic rings. The monoisotopic (exact) mass is 528 g/mol. The van der Waals surface area contributed by atoms with E-state index in [1.54, 1.807) is 19.0 Å². The molecule has 1 aromatic rings. The summed E-state index contributed by atoms with van der Waals surface area (Å²) >= 11 is 0. The van der Waals surface area contributed by atoms with Gasteiger partial charge >= 0.3 is 0 Å². The molecule has 1 amide bonds. The Bertz CT molecular complexity index is 714. The van der Waals surface area contributed by atoms with Crippen LogP contribution in [0.15, 0.2) is 29.3 Å². The molecule has 30 heavy (non-hydrogen) atoms. The molecule has 168 valence electrons. The Morgan fingerprint density at radius 2 is 1.87 bits per heavy atom. The third-order valence-electron chi connectivity index (χ3n) is 6.37. The fourth-order valence-electron chi connectivity index (χ4n) is 4.76. The van der Waals surface area contributed by atoms with Gasteiger partial charge in [0.2, 0.25) is 0 Å². The summed E-state index contributed by atoms with van der Waals surface area (Å²) in [5, 5.41) is 7.08. The number of rotatable bonds is 7. The quantitative estimate of drug-likeness (QED) is 0.321. The molecule has 0 aromatic heterocycles. The average Bonchev–Trinajstić information content (AvgIpc) is 3.24. The van der Waals surface area contributed by atoms with Crippen LogP contribution in [0.1, 0.15) is 61.9 Å². The first-order chi connectivity index (χ1) is 14.0. The Balaban J connectivity index is 0.00000320. The van der Waals surface area contributed by atoms with Crippen molar-refractivity contribution >= 4 is 35.8 Å². The molecule has 2 saturated carbocycles. The van der Waals surface area contributed by atoms with Crippen LogP contribution in [-0.2, 0) is 11.3 Å². The van der Waals surface area contributed by atoms with Crippen LogP contribution in [0, 0.1) is 5.41 Å². The second-order valence-electron chi connectivity index (χ2n) is 8.41. The van der Waals surface area contributed by atoms with Crippen LogP contribution in [0.2, 0.25) is 0 Å². The van der Waals surface area contributed by atoms with Crippen molar-refractivity contribution in [3.05, 3.63) is 35.4 Å². The highest BCUT2D eigenvalue weighted by Crippen LogP contribution is 2.54. The molecule has 2 N–H and O–H groups in total. The van der Waals surface area contributed by atoms with Crippen LogP contribution in [0.5, 0.6) is 0 Å². The zero-order valence-electron chi connectivity index (χ0n) is 18.7. The lowest BCUT2D eigenvalue weighted by Gasteiger charge is -2.54. The summed E-state index contributed by atoms with van der Waals surface area (Å²) in [6.45, 7) is 6.39. The summed E-state index contributed by atoms with van der Waals surface area (Å²) in [7, 11) is 3.53. The second kappa shape index (κ2) is 11.3. The molecule has 2 aliphatic carbocycles. The van der Waals surface area contributed by atoms with Crippen molar-refractivity contribution in [1.82, 2.24) is 15.5 Å². The minimum Gasteiger partial charge on any atom is -0.378 e. The number of ether oxygens (including phenoxy) is 1. The molecule has 0 aliphatic heterocycles. The second-order valence-corrected chi connectivity index (χ2v) is 8.41. The Kier molecular flexibility index (Phi) is 9.40. The molecule has 6 nitrogen and oxygen atoms in total. The van der Waals surface area contributed by atoms with Crippen molar-refractivity contribution in [3.63, 3.8) is 0 Å². The van der Waals surface area contributed by atoms with Gasteiger partial charge in [0.1, 0.15) is 0 Å². The fraction of sp³-hybridized carbons (Fsp3) is 0.652. The lowest BCUT2D eigenvalue weighted by molar-refractivity contribution is -0.125. The van der Waals surface area contributed by atoms with Crippen molar-refractivity contribution in [2.45, 2.75) is 64.6 Å². The number of hydrogen-bond donors (Lipinski definition) is 2. The van der Waals surface area contributed by atoms with Gasteiger partial charge in [-0.2, -0.15) is 0 Å². The van der Waals surface area contributed by atoms with Crippen LogP contribution >= 0.6 is 24.0 Å². The highest BCUT2D eigenvalue weighted by Gasteiger charge is 2.56. The third-order valence-corrected chi connectivity index (χ3v) is 6.37. The van der Waals surface area contributed by atoms with Gasteiger partial charge in [-0.15, -0.1) is 24.0 Å². The average molecular weight is 528 g/mol. The molecule has 2 unspecified atom stereocenters. The van der Waals surface area contributed by atoms with Gasteiger partial charge < -0.3 is 20.3 Å². The molecule has 2 fully saturated rings. The predicted octanol–water partition coefficient (Wildman–Crippen LogP) is 3.80. The third kappa shape index (κ3) is 5.46. The molecule has 7 heteroatoms. The highest BCUT2D eigenvalue weighted by atomic mass is 127. The van der Waals surface area contributed by atoms with Crippen LogP contribution in [0.4, 0.5) is 0 Å². The summed E-state index contributed by atoms with van der Waals surface area (Å²) in [5.41, 5.74) is 2.07. The summed E-state index contributed by atoms with van der Waals surface area (Å²) in [6, 6.07) is 8.15. The lowest BCUT2D eigenvalue weighted by atomic mass is 9.60. The number of nitrogens with one attached hydrogen (secondary N) is 2. The number of nitrogens with zero attached hydrogens (tertiary/aromatic N) is 2. The number of carbonyl (C=O) groups is 1. The van der Waals surface area contributed by atoms with Gasteiger partial charge in [0.15, 0.2) is 5.96 Å². The van der Waals surface area contributed by atoms with Gasteiger partial charge in [-0.3, -0.25) is 4.79 Å². The molecule has 0 bridgehead atoms. The summed E-state index contributed by atoms with van der Waals surface area (Å²) in [5.74, 6) is 0.887. The summed E-state index contributed by atoms with van der Waals surface area (Å²) < 4.78 is 6.03. The molecule has 1 aromatic carbocycles. The molecule has 0 radical (unpaired) electrons. The smallest absolute Gasteiger partial charge is 0.253 e. The number of hydrogen-bond acceptors (Lipinski definition) is 3. The van der Waals surface area contributed by atoms with Crippen molar-refractivity contribution in [3.8, 4) is 0 Å². The Morgan fingerprint density at radius 1 is 1.20 bits per heavy atom. The van der Waals surface area contributed by atoms with E-state index in [9.17, 15) is 4.79 Å². The van der Waals surface area contributed by atoms with Gasteiger partial charge in [0, 0.05) is 44.3 Å². The SMILES string of the molecule is CCNC(=NCc1ccc(C(=O)N(C)C)cc1)NC1CC(OCC)C12CCCC2.I. The maximum Gasteiger partial charge on any atom is 0.253 e. The minimum absolute atomic E-state index is 0. The number of amides is 1. The fourth-order valence-corrected chi connectivity index (χ4v) is 4.76. The first-order valence-corrected chi connectivity index (χ1v) is 11.0. The topological polar surface area (TPSA) is 66.0 Å². The summed E-state index contributed by atoms with van der Waals surface area (Å²) in [4.78, 5) is 18.4. The zero-order chi connectivity index (χ0) is 20.9. The van der Waals surface area contributed by atoms with Gasteiger partial charge in [0.25, 0.3) is 5.91 Å². The first kappa shape index (κ1) is 24.9. The van der Waals surface area contributed by atoms with Gasteiger partial charge in [-0.1, -0.05) is 25.0 Å². The highest BCUT2D eigenvalue weighted by molar-refractivity contribution is 14.0. The number of halogens is 1.